The number of aromatic hydroxyl groups is 1. The van der Waals surface area contributed by atoms with Gasteiger partial charge < -0.3 is 5.11 Å². The highest BCUT2D eigenvalue weighted by atomic mass is 16.3. The molecule has 1 aliphatic rings. The van der Waals surface area contributed by atoms with Gasteiger partial charge in [0, 0.05) is 6.20 Å². The Morgan fingerprint density at radius 1 is 1.00 bits per heavy atom. The maximum absolute atomic E-state index is 10.7. The van der Waals surface area contributed by atoms with Crippen molar-refractivity contribution in [1.82, 2.24) is 14.8 Å². The van der Waals surface area contributed by atoms with Crippen molar-refractivity contribution in [3.05, 3.63) is 59.9 Å². The van der Waals surface area contributed by atoms with Crippen molar-refractivity contribution in [2.45, 2.75) is 19.3 Å². The molecule has 0 radical (unpaired) electrons. The fraction of sp³-hybridized carbons (Fsp3) is 0.176. The molecule has 0 spiro atoms. The van der Waals surface area contributed by atoms with Gasteiger partial charge in [0.05, 0.1) is 11.3 Å². The number of nitrogens with zero attached hydrogens (tertiary/aromatic N) is 3. The van der Waals surface area contributed by atoms with E-state index in [1.54, 1.807) is 6.20 Å². The van der Waals surface area contributed by atoms with Gasteiger partial charge in [-0.25, -0.2) is 4.98 Å². The van der Waals surface area contributed by atoms with Gasteiger partial charge in [-0.05, 0) is 42.5 Å². The molecule has 0 aliphatic heterocycles. The topological polar surface area (TPSA) is 50.9 Å². The van der Waals surface area contributed by atoms with Crippen molar-refractivity contribution < 1.29 is 5.11 Å². The van der Waals surface area contributed by atoms with Crippen molar-refractivity contribution in [2.75, 3.05) is 0 Å². The van der Waals surface area contributed by atoms with Crippen LogP contribution in [0.3, 0.4) is 0 Å². The highest BCUT2D eigenvalue weighted by molar-refractivity contribution is 5.75. The minimum absolute atomic E-state index is 0.179. The van der Waals surface area contributed by atoms with E-state index in [4.69, 9.17) is 0 Å². The highest BCUT2D eigenvalue weighted by Crippen LogP contribution is 2.39. The fourth-order valence-electron chi connectivity index (χ4n) is 2.97. The molecule has 0 unspecified atom stereocenters. The lowest BCUT2D eigenvalue weighted by Crippen LogP contribution is -1.99. The number of aromatic nitrogens is 3. The van der Waals surface area contributed by atoms with Crippen LogP contribution in [0.1, 0.15) is 17.7 Å². The van der Waals surface area contributed by atoms with Gasteiger partial charge in [-0.3, -0.25) is 0 Å². The quantitative estimate of drug-likeness (QED) is 0.743. The molecule has 104 valence electrons. The van der Waals surface area contributed by atoms with E-state index in [9.17, 15) is 5.11 Å². The summed E-state index contributed by atoms with van der Waals surface area (Å²) in [5.74, 6) is 0.818. The van der Waals surface area contributed by atoms with Gasteiger partial charge in [0.1, 0.15) is 0 Å². The van der Waals surface area contributed by atoms with E-state index in [0.717, 1.165) is 36.1 Å². The summed E-state index contributed by atoms with van der Waals surface area (Å²) in [4.78, 5) is 4.27. The predicted molar refractivity (Wildman–Crippen MR) is 80.5 cm³/mol. The minimum Gasteiger partial charge on any atom is -0.493 e. The number of rotatable bonds is 1. The van der Waals surface area contributed by atoms with Crippen LogP contribution in [-0.2, 0) is 12.8 Å². The second kappa shape index (κ2) is 4.74. The molecule has 0 atom stereocenters. The first kappa shape index (κ1) is 12.1. The Morgan fingerprint density at radius 2 is 1.86 bits per heavy atom. The minimum atomic E-state index is 0.179. The Bertz CT molecular complexity index is 793. The predicted octanol–water partition coefficient (Wildman–Crippen LogP) is 3.13. The summed E-state index contributed by atoms with van der Waals surface area (Å²) in [6.07, 6.45) is 4.64. The molecule has 0 bridgehead atoms. The van der Waals surface area contributed by atoms with Crippen LogP contribution >= 0.6 is 0 Å². The van der Waals surface area contributed by atoms with Gasteiger partial charge in [0.15, 0.2) is 5.82 Å². The van der Waals surface area contributed by atoms with Crippen LogP contribution in [0, 0.1) is 0 Å². The second-order valence-electron chi connectivity index (χ2n) is 5.26. The molecule has 4 nitrogen and oxygen atoms in total. The van der Waals surface area contributed by atoms with Gasteiger partial charge in [-0.1, -0.05) is 30.3 Å². The van der Waals surface area contributed by atoms with Gasteiger partial charge in [0.25, 0.3) is 0 Å². The average Bonchev–Trinajstić information content (AvgIpc) is 2.75. The summed E-state index contributed by atoms with van der Waals surface area (Å²) in [5.41, 5.74) is 4.16. The normalized spacial score (nSPS) is 13.3. The molecule has 0 amide bonds. The Labute approximate surface area is 122 Å². The van der Waals surface area contributed by atoms with E-state index in [1.165, 1.54) is 10.2 Å². The molecule has 1 aromatic carbocycles. The maximum Gasteiger partial charge on any atom is 0.224 e. The zero-order chi connectivity index (χ0) is 14.2. The summed E-state index contributed by atoms with van der Waals surface area (Å²) in [7, 11) is 0. The molecular weight excluding hydrogens is 262 g/mol. The number of benzene rings is 1. The SMILES string of the molecule is Oc1c2c(nn1-c1ccccn1)CCCc1ccccc1-2. The molecule has 3 aromatic rings. The van der Waals surface area contributed by atoms with Gasteiger partial charge in [0.2, 0.25) is 5.88 Å². The number of fused-ring (bicyclic) bond motifs is 3. The van der Waals surface area contributed by atoms with E-state index in [1.807, 2.05) is 30.3 Å². The summed E-state index contributed by atoms with van der Waals surface area (Å²) in [6.45, 7) is 0. The number of aryl methyl sites for hydroxylation is 2. The highest BCUT2D eigenvalue weighted by Gasteiger charge is 2.24. The molecular formula is C17H15N3O. The number of hydrogen-bond donors (Lipinski definition) is 1. The number of pyridine rings is 1. The average molecular weight is 277 g/mol. The van der Waals surface area contributed by atoms with Gasteiger partial charge >= 0.3 is 0 Å². The van der Waals surface area contributed by atoms with Crippen LogP contribution in [0.15, 0.2) is 48.7 Å². The zero-order valence-corrected chi connectivity index (χ0v) is 11.5. The number of hydrogen-bond acceptors (Lipinski definition) is 3. The molecule has 0 saturated heterocycles. The molecule has 1 N–H and O–H groups in total. The smallest absolute Gasteiger partial charge is 0.224 e. The van der Waals surface area contributed by atoms with E-state index >= 15 is 0 Å². The van der Waals surface area contributed by atoms with Crippen LogP contribution in [0.4, 0.5) is 0 Å². The van der Waals surface area contributed by atoms with Crippen molar-refractivity contribution in [2.24, 2.45) is 0 Å². The van der Waals surface area contributed by atoms with E-state index in [-0.39, 0.29) is 5.88 Å². The molecule has 4 rings (SSSR count). The van der Waals surface area contributed by atoms with Crippen molar-refractivity contribution in [1.29, 1.82) is 0 Å². The fourth-order valence-corrected chi connectivity index (χ4v) is 2.97. The molecule has 0 fully saturated rings. The molecule has 2 aromatic heterocycles. The first-order valence-electron chi connectivity index (χ1n) is 7.15. The monoisotopic (exact) mass is 277 g/mol. The molecule has 21 heavy (non-hydrogen) atoms. The van der Waals surface area contributed by atoms with Crippen LogP contribution in [0.2, 0.25) is 0 Å². The lowest BCUT2D eigenvalue weighted by Gasteiger charge is -2.06. The largest absolute Gasteiger partial charge is 0.493 e. The van der Waals surface area contributed by atoms with Crippen LogP contribution < -0.4 is 0 Å². The van der Waals surface area contributed by atoms with Crippen LogP contribution in [0.25, 0.3) is 16.9 Å². The lowest BCUT2D eigenvalue weighted by atomic mass is 10.0. The summed E-state index contributed by atoms with van der Waals surface area (Å²) >= 11 is 0. The summed E-state index contributed by atoms with van der Waals surface area (Å²) in [6, 6.07) is 13.8. The molecule has 0 saturated carbocycles. The molecule has 4 heteroatoms. The maximum atomic E-state index is 10.7. The Balaban J connectivity index is 1.96. The standard InChI is InChI=1S/C17H15N3O/c21-17-16-13-8-2-1-6-12(13)7-5-9-14(16)19-20(17)15-10-3-4-11-18-15/h1-4,6,8,10-11,21H,5,7,9H2. The Morgan fingerprint density at radius 3 is 2.71 bits per heavy atom. The summed E-state index contributed by atoms with van der Waals surface area (Å²) < 4.78 is 1.53. The third kappa shape index (κ3) is 1.91. The van der Waals surface area contributed by atoms with Crippen LogP contribution in [-0.4, -0.2) is 19.9 Å². The third-order valence-corrected chi connectivity index (χ3v) is 3.95. The zero-order valence-electron chi connectivity index (χ0n) is 11.5. The first-order valence-corrected chi connectivity index (χ1v) is 7.15. The van der Waals surface area contributed by atoms with Gasteiger partial charge in [-0.15, -0.1) is 0 Å². The second-order valence-corrected chi connectivity index (χ2v) is 5.26. The van der Waals surface area contributed by atoms with E-state index in [2.05, 4.69) is 22.2 Å². The Hall–Kier alpha value is -2.62. The van der Waals surface area contributed by atoms with E-state index < -0.39 is 0 Å². The third-order valence-electron chi connectivity index (χ3n) is 3.95. The first-order chi connectivity index (χ1) is 10.3. The lowest BCUT2D eigenvalue weighted by molar-refractivity contribution is 0.433. The van der Waals surface area contributed by atoms with Crippen molar-refractivity contribution in [3.8, 4) is 22.8 Å². The van der Waals surface area contributed by atoms with Gasteiger partial charge in [-0.2, -0.15) is 9.78 Å². The van der Waals surface area contributed by atoms with E-state index in [0.29, 0.717) is 5.82 Å². The van der Waals surface area contributed by atoms with Crippen molar-refractivity contribution in [3.63, 3.8) is 0 Å². The Kier molecular flexibility index (Phi) is 2.74. The van der Waals surface area contributed by atoms with Crippen LogP contribution in [0.5, 0.6) is 5.88 Å². The van der Waals surface area contributed by atoms with Crippen molar-refractivity contribution >= 4 is 0 Å². The summed E-state index contributed by atoms with van der Waals surface area (Å²) in [5, 5.41) is 15.2. The molecule has 1 aliphatic carbocycles. The molecule has 2 heterocycles.